The normalized spacial score (nSPS) is 16.7. The van der Waals surface area contributed by atoms with Crippen LogP contribution >= 0.6 is 11.3 Å². The maximum Gasteiger partial charge on any atom is 0.257 e. The number of thiazole rings is 1. The molecule has 0 unspecified atom stereocenters. The fourth-order valence-electron chi connectivity index (χ4n) is 3.16. The summed E-state index contributed by atoms with van der Waals surface area (Å²) in [5.74, 6) is 0.0983. The van der Waals surface area contributed by atoms with Crippen molar-refractivity contribution in [1.82, 2.24) is 24.6 Å². The molecule has 0 aliphatic carbocycles. The molecule has 2 aromatic heterocycles. The molecule has 6 nitrogen and oxygen atoms in total. The first kappa shape index (κ1) is 19.0. The summed E-state index contributed by atoms with van der Waals surface area (Å²) in [5.41, 5.74) is 2.89. The highest BCUT2D eigenvalue weighted by atomic mass is 32.1. The summed E-state index contributed by atoms with van der Waals surface area (Å²) >= 11 is 1.75. The summed E-state index contributed by atoms with van der Waals surface area (Å²) in [7, 11) is 1.87. The molecule has 26 heavy (non-hydrogen) atoms. The topological polar surface area (TPSA) is 54.3 Å². The molecule has 1 aliphatic heterocycles. The van der Waals surface area contributed by atoms with Crippen molar-refractivity contribution >= 4 is 17.2 Å². The SMILES string of the molecule is Cc1c(C(=O)N2CCCN(Cc3csc(C(C)(C)C)n3)CC2)cnn1C. The molecule has 2 aromatic rings. The number of amides is 1. The number of aromatic nitrogens is 3. The Labute approximate surface area is 159 Å². The van der Waals surface area contributed by atoms with Gasteiger partial charge in [0.2, 0.25) is 0 Å². The zero-order valence-corrected chi connectivity index (χ0v) is 17.3. The number of rotatable bonds is 3. The third-order valence-electron chi connectivity index (χ3n) is 4.92. The molecular formula is C19H29N5OS. The Kier molecular flexibility index (Phi) is 5.48. The van der Waals surface area contributed by atoms with E-state index < -0.39 is 0 Å². The fourth-order valence-corrected chi connectivity index (χ4v) is 4.06. The van der Waals surface area contributed by atoms with E-state index in [0.717, 1.165) is 56.1 Å². The Morgan fingerprint density at radius 3 is 2.62 bits per heavy atom. The van der Waals surface area contributed by atoms with Gasteiger partial charge in [-0.3, -0.25) is 14.4 Å². The molecule has 1 saturated heterocycles. The van der Waals surface area contributed by atoms with Crippen LogP contribution in [0.5, 0.6) is 0 Å². The molecule has 1 aliphatic rings. The number of aryl methyl sites for hydroxylation is 1. The molecule has 0 N–H and O–H groups in total. The van der Waals surface area contributed by atoms with Gasteiger partial charge < -0.3 is 4.90 Å². The lowest BCUT2D eigenvalue weighted by Crippen LogP contribution is -2.35. The van der Waals surface area contributed by atoms with Gasteiger partial charge in [0, 0.05) is 56.3 Å². The van der Waals surface area contributed by atoms with E-state index >= 15 is 0 Å². The van der Waals surface area contributed by atoms with E-state index in [-0.39, 0.29) is 11.3 Å². The predicted octanol–water partition coefficient (Wildman–Crippen LogP) is 2.83. The van der Waals surface area contributed by atoms with Gasteiger partial charge in [0.15, 0.2) is 0 Å². The summed E-state index contributed by atoms with van der Waals surface area (Å²) in [6, 6.07) is 0. The minimum Gasteiger partial charge on any atom is -0.337 e. The first-order valence-corrected chi connectivity index (χ1v) is 10.1. The standard InChI is InChI=1S/C19H29N5OS/c1-14-16(11-20-22(14)5)17(25)24-8-6-7-23(9-10-24)12-15-13-26-18(21-15)19(2,3)4/h11,13H,6-10,12H2,1-5H3. The van der Waals surface area contributed by atoms with Crippen molar-refractivity contribution in [3.63, 3.8) is 0 Å². The molecular weight excluding hydrogens is 346 g/mol. The van der Waals surface area contributed by atoms with Crippen LogP contribution in [0.25, 0.3) is 0 Å². The number of carbonyl (C=O) groups is 1. The Morgan fingerprint density at radius 2 is 2.00 bits per heavy atom. The molecule has 1 fully saturated rings. The first-order chi connectivity index (χ1) is 12.3. The molecule has 0 radical (unpaired) electrons. The Balaban J connectivity index is 1.60. The lowest BCUT2D eigenvalue weighted by Gasteiger charge is -2.21. The second-order valence-corrected chi connectivity index (χ2v) is 8.94. The van der Waals surface area contributed by atoms with Crippen molar-refractivity contribution in [3.05, 3.63) is 33.5 Å². The van der Waals surface area contributed by atoms with Crippen molar-refractivity contribution < 1.29 is 4.79 Å². The second-order valence-electron chi connectivity index (χ2n) is 8.08. The van der Waals surface area contributed by atoms with Gasteiger partial charge in [0.1, 0.15) is 0 Å². The molecule has 0 atom stereocenters. The number of carbonyl (C=O) groups excluding carboxylic acids is 1. The zero-order chi connectivity index (χ0) is 18.9. The number of hydrogen-bond donors (Lipinski definition) is 0. The monoisotopic (exact) mass is 375 g/mol. The highest BCUT2D eigenvalue weighted by Gasteiger charge is 2.24. The minimum absolute atomic E-state index is 0.0983. The van der Waals surface area contributed by atoms with Crippen LogP contribution in [0.3, 0.4) is 0 Å². The van der Waals surface area contributed by atoms with E-state index in [1.165, 1.54) is 5.01 Å². The average Bonchev–Trinajstić information content (AvgIpc) is 3.09. The maximum atomic E-state index is 12.8. The van der Waals surface area contributed by atoms with E-state index in [1.54, 1.807) is 22.2 Å². The lowest BCUT2D eigenvalue weighted by atomic mass is 9.98. The van der Waals surface area contributed by atoms with Crippen LogP contribution in [0.1, 0.15) is 53.9 Å². The first-order valence-electron chi connectivity index (χ1n) is 9.21. The molecule has 0 spiro atoms. The Morgan fingerprint density at radius 1 is 1.23 bits per heavy atom. The van der Waals surface area contributed by atoms with Crippen molar-refractivity contribution in [2.45, 2.75) is 46.1 Å². The van der Waals surface area contributed by atoms with Crippen LogP contribution in [0.2, 0.25) is 0 Å². The lowest BCUT2D eigenvalue weighted by molar-refractivity contribution is 0.0760. The third-order valence-corrected chi connectivity index (χ3v) is 6.24. The maximum absolute atomic E-state index is 12.8. The minimum atomic E-state index is 0.0983. The second kappa shape index (κ2) is 7.48. The highest BCUT2D eigenvalue weighted by Crippen LogP contribution is 2.26. The van der Waals surface area contributed by atoms with Gasteiger partial charge in [-0.1, -0.05) is 20.8 Å². The van der Waals surface area contributed by atoms with E-state index in [1.807, 2.05) is 18.9 Å². The summed E-state index contributed by atoms with van der Waals surface area (Å²) in [4.78, 5) is 22.0. The smallest absolute Gasteiger partial charge is 0.257 e. The van der Waals surface area contributed by atoms with E-state index in [0.29, 0.717) is 0 Å². The Hall–Kier alpha value is -1.73. The van der Waals surface area contributed by atoms with Gasteiger partial charge in [-0.2, -0.15) is 5.10 Å². The Bertz CT molecular complexity index is 773. The average molecular weight is 376 g/mol. The van der Waals surface area contributed by atoms with Crippen molar-refractivity contribution in [2.75, 3.05) is 26.2 Å². The van der Waals surface area contributed by atoms with Gasteiger partial charge in [0.05, 0.1) is 22.5 Å². The molecule has 0 saturated carbocycles. The van der Waals surface area contributed by atoms with Gasteiger partial charge >= 0.3 is 0 Å². The van der Waals surface area contributed by atoms with Crippen LogP contribution in [0.4, 0.5) is 0 Å². The molecule has 3 heterocycles. The summed E-state index contributed by atoms with van der Waals surface area (Å²) < 4.78 is 1.76. The molecule has 0 aromatic carbocycles. The van der Waals surface area contributed by atoms with Gasteiger partial charge in [-0.15, -0.1) is 11.3 Å². The third kappa shape index (κ3) is 4.15. The molecule has 1 amide bonds. The number of nitrogens with zero attached hydrogens (tertiary/aromatic N) is 5. The van der Waals surface area contributed by atoms with Crippen LogP contribution in [0.15, 0.2) is 11.6 Å². The van der Waals surface area contributed by atoms with Gasteiger partial charge in [0.25, 0.3) is 5.91 Å². The van der Waals surface area contributed by atoms with Crippen molar-refractivity contribution in [3.8, 4) is 0 Å². The van der Waals surface area contributed by atoms with E-state index in [4.69, 9.17) is 4.98 Å². The summed E-state index contributed by atoms with van der Waals surface area (Å²) in [5, 5.41) is 7.56. The van der Waals surface area contributed by atoms with Crippen LogP contribution in [-0.4, -0.2) is 56.7 Å². The largest absolute Gasteiger partial charge is 0.337 e. The predicted molar refractivity (Wildman–Crippen MR) is 105 cm³/mol. The molecule has 3 rings (SSSR count). The quantitative estimate of drug-likeness (QED) is 0.828. The van der Waals surface area contributed by atoms with E-state index in [9.17, 15) is 4.79 Å². The number of hydrogen-bond acceptors (Lipinski definition) is 5. The van der Waals surface area contributed by atoms with Crippen LogP contribution < -0.4 is 0 Å². The van der Waals surface area contributed by atoms with Crippen molar-refractivity contribution in [1.29, 1.82) is 0 Å². The summed E-state index contributed by atoms with van der Waals surface area (Å²) in [6.07, 6.45) is 2.67. The van der Waals surface area contributed by atoms with Crippen LogP contribution in [0, 0.1) is 6.92 Å². The van der Waals surface area contributed by atoms with E-state index in [2.05, 4.69) is 36.1 Å². The fraction of sp³-hybridized carbons (Fsp3) is 0.632. The zero-order valence-electron chi connectivity index (χ0n) is 16.4. The van der Waals surface area contributed by atoms with Crippen LogP contribution in [-0.2, 0) is 19.0 Å². The molecule has 7 heteroatoms. The van der Waals surface area contributed by atoms with Gasteiger partial charge in [-0.05, 0) is 13.3 Å². The summed E-state index contributed by atoms with van der Waals surface area (Å²) in [6.45, 7) is 12.8. The van der Waals surface area contributed by atoms with Crippen molar-refractivity contribution in [2.24, 2.45) is 7.05 Å². The molecule has 142 valence electrons. The van der Waals surface area contributed by atoms with Gasteiger partial charge in [-0.25, -0.2) is 4.98 Å². The molecule has 0 bridgehead atoms. The highest BCUT2D eigenvalue weighted by molar-refractivity contribution is 7.09.